The summed E-state index contributed by atoms with van der Waals surface area (Å²) in [5.41, 5.74) is 1.95. The van der Waals surface area contributed by atoms with Crippen molar-refractivity contribution in [3.05, 3.63) is 65.7 Å². The number of aryl methyl sites for hydroxylation is 1. The van der Waals surface area contributed by atoms with Crippen LogP contribution in [-0.4, -0.2) is 72.3 Å². The third-order valence-electron chi connectivity index (χ3n) is 6.75. The van der Waals surface area contributed by atoms with Crippen LogP contribution in [0, 0.1) is 0 Å². The number of piperazine rings is 1. The molecule has 2 aromatic carbocycles. The average Bonchev–Trinajstić information content (AvgIpc) is 2.89. The molecule has 180 valence electrons. The fourth-order valence-corrected chi connectivity index (χ4v) is 4.74. The monoisotopic (exact) mass is 463 g/mol. The van der Waals surface area contributed by atoms with Crippen LogP contribution in [0.25, 0.3) is 0 Å². The summed E-state index contributed by atoms with van der Waals surface area (Å²) in [5, 5.41) is 0. The van der Waals surface area contributed by atoms with Gasteiger partial charge >= 0.3 is 0 Å². The predicted molar refractivity (Wildman–Crippen MR) is 129 cm³/mol. The highest BCUT2D eigenvalue weighted by molar-refractivity contribution is 5.89. The number of piperidine rings is 1. The minimum atomic E-state index is -0.591. The van der Waals surface area contributed by atoms with E-state index in [4.69, 9.17) is 4.74 Å². The maximum absolute atomic E-state index is 13.6. The molecular weight excluding hydrogens is 430 g/mol. The number of hydrogen-bond acceptors (Lipinski definition) is 4. The van der Waals surface area contributed by atoms with Crippen LogP contribution in [0.5, 0.6) is 5.75 Å². The van der Waals surface area contributed by atoms with Crippen molar-refractivity contribution < 1.29 is 19.1 Å². The molecule has 4 rings (SSSR count). The molecule has 3 amide bonds. The largest absolute Gasteiger partial charge is 0.497 e. The standard InChI is InChI=1S/C27H33N3O4/c1-34-23-13-10-21(11-14-23)12-15-24(31)28-17-19-29(20-18-28)27(33)26(22-7-3-2-4-8-22)30-16-6-5-9-25(30)32/h2-4,7-8,10-11,13-14,26H,5-6,9,12,15-20H2,1H3. The van der Waals surface area contributed by atoms with E-state index in [9.17, 15) is 14.4 Å². The number of rotatable bonds is 7. The Labute approximate surface area is 201 Å². The Bertz CT molecular complexity index is 985. The number of amides is 3. The van der Waals surface area contributed by atoms with Gasteiger partial charge in [-0.05, 0) is 42.5 Å². The third kappa shape index (κ3) is 5.58. The van der Waals surface area contributed by atoms with Crippen molar-refractivity contribution in [1.82, 2.24) is 14.7 Å². The molecule has 0 saturated carbocycles. The number of carbonyl (C=O) groups excluding carboxylic acids is 3. The van der Waals surface area contributed by atoms with Gasteiger partial charge in [0.2, 0.25) is 17.7 Å². The molecule has 2 heterocycles. The van der Waals surface area contributed by atoms with E-state index in [2.05, 4.69) is 0 Å². The summed E-state index contributed by atoms with van der Waals surface area (Å²) in [4.78, 5) is 44.4. The third-order valence-corrected chi connectivity index (χ3v) is 6.75. The summed E-state index contributed by atoms with van der Waals surface area (Å²) < 4.78 is 5.18. The second kappa shape index (κ2) is 11.2. The molecule has 7 heteroatoms. The van der Waals surface area contributed by atoms with E-state index in [1.54, 1.807) is 12.0 Å². The number of hydrogen-bond donors (Lipinski definition) is 0. The molecule has 34 heavy (non-hydrogen) atoms. The lowest BCUT2D eigenvalue weighted by Gasteiger charge is -2.40. The molecule has 0 aliphatic carbocycles. The lowest BCUT2D eigenvalue weighted by atomic mass is 9.99. The van der Waals surface area contributed by atoms with Crippen LogP contribution in [-0.2, 0) is 20.8 Å². The maximum atomic E-state index is 13.6. The van der Waals surface area contributed by atoms with Gasteiger partial charge in [0.15, 0.2) is 0 Å². The molecule has 0 radical (unpaired) electrons. The van der Waals surface area contributed by atoms with E-state index in [-0.39, 0.29) is 17.7 Å². The van der Waals surface area contributed by atoms with Crippen molar-refractivity contribution in [2.45, 2.75) is 38.1 Å². The van der Waals surface area contributed by atoms with Gasteiger partial charge in [-0.25, -0.2) is 0 Å². The highest BCUT2D eigenvalue weighted by Crippen LogP contribution is 2.28. The number of benzene rings is 2. The van der Waals surface area contributed by atoms with E-state index in [0.29, 0.717) is 52.0 Å². The summed E-state index contributed by atoms with van der Waals surface area (Å²) in [6.07, 6.45) is 3.40. The molecule has 1 atom stereocenters. The molecule has 2 aromatic rings. The average molecular weight is 464 g/mol. The SMILES string of the molecule is COc1ccc(CCC(=O)N2CCN(C(=O)C(c3ccccc3)N3CCCCC3=O)CC2)cc1. The van der Waals surface area contributed by atoms with Crippen LogP contribution >= 0.6 is 0 Å². The van der Waals surface area contributed by atoms with E-state index in [1.165, 1.54) is 0 Å². The van der Waals surface area contributed by atoms with E-state index in [1.807, 2.05) is 64.4 Å². The first-order valence-corrected chi connectivity index (χ1v) is 12.1. The summed E-state index contributed by atoms with van der Waals surface area (Å²) in [7, 11) is 1.63. The van der Waals surface area contributed by atoms with Gasteiger partial charge in [0.05, 0.1) is 7.11 Å². The zero-order chi connectivity index (χ0) is 23.9. The van der Waals surface area contributed by atoms with E-state index < -0.39 is 6.04 Å². The van der Waals surface area contributed by atoms with Gasteiger partial charge in [0.1, 0.15) is 11.8 Å². The molecule has 0 N–H and O–H groups in total. The fourth-order valence-electron chi connectivity index (χ4n) is 4.74. The highest BCUT2D eigenvalue weighted by Gasteiger charge is 2.36. The Morgan fingerprint density at radius 2 is 1.56 bits per heavy atom. The number of ether oxygens (including phenoxy) is 1. The van der Waals surface area contributed by atoms with Crippen molar-refractivity contribution in [2.75, 3.05) is 39.8 Å². The van der Waals surface area contributed by atoms with Crippen molar-refractivity contribution >= 4 is 17.7 Å². The molecule has 7 nitrogen and oxygen atoms in total. The van der Waals surface area contributed by atoms with Gasteiger partial charge < -0.3 is 19.4 Å². The Balaban J connectivity index is 1.35. The predicted octanol–water partition coefficient (Wildman–Crippen LogP) is 3.05. The smallest absolute Gasteiger partial charge is 0.250 e. The van der Waals surface area contributed by atoms with Crippen LogP contribution in [0.3, 0.4) is 0 Å². The maximum Gasteiger partial charge on any atom is 0.250 e. The number of nitrogens with zero attached hydrogens (tertiary/aromatic N) is 3. The van der Waals surface area contributed by atoms with Crippen molar-refractivity contribution in [1.29, 1.82) is 0 Å². The van der Waals surface area contributed by atoms with Crippen molar-refractivity contribution in [3.8, 4) is 5.75 Å². The van der Waals surface area contributed by atoms with Crippen LogP contribution < -0.4 is 4.74 Å². The molecule has 0 spiro atoms. The highest BCUT2D eigenvalue weighted by atomic mass is 16.5. The van der Waals surface area contributed by atoms with Gasteiger partial charge in [0.25, 0.3) is 0 Å². The topological polar surface area (TPSA) is 70.2 Å². The number of methoxy groups -OCH3 is 1. The van der Waals surface area contributed by atoms with Crippen LogP contribution in [0.1, 0.15) is 42.9 Å². The Morgan fingerprint density at radius 1 is 0.882 bits per heavy atom. The van der Waals surface area contributed by atoms with Crippen molar-refractivity contribution in [3.63, 3.8) is 0 Å². The Hall–Kier alpha value is -3.35. The summed E-state index contributed by atoms with van der Waals surface area (Å²) in [6, 6.07) is 16.7. The fraction of sp³-hybridized carbons (Fsp3) is 0.444. The quantitative estimate of drug-likeness (QED) is 0.633. The molecule has 2 saturated heterocycles. The Kier molecular flexibility index (Phi) is 7.83. The normalized spacial score (nSPS) is 17.4. The zero-order valence-corrected chi connectivity index (χ0v) is 19.8. The molecular formula is C27H33N3O4. The first-order valence-electron chi connectivity index (χ1n) is 12.1. The summed E-state index contributed by atoms with van der Waals surface area (Å²) in [5.74, 6) is 0.900. The van der Waals surface area contributed by atoms with Gasteiger partial charge in [-0.15, -0.1) is 0 Å². The van der Waals surface area contributed by atoms with E-state index in [0.717, 1.165) is 29.7 Å². The molecule has 2 aliphatic rings. The first-order chi connectivity index (χ1) is 16.6. The Morgan fingerprint density at radius 3 is 2.21 bits per heavy atom. The second-order valence-corrected chi connectivity index (χ2v) is 8.91. The van der Waals surface area contributed by atoms with Crippen LogP contribution in [0.15, 0.2) is 54.6 Å². The summed E-state index contributed by atoms with van der Waals surface area (Å²) >= 11 is 0. The van der Waals surface area contributed by atoms with Crippen molar-refractivity contribution in [2.24, 2.45) is 0 Å². The molecule has 0 bridgehead atoms. The lowest BCUT2D eigenvalue weighted by molar-refractivity contribution is -0.150. The molecule has 1 unspecified atom stereocenters. The number of likely N-dealkylation sites (tertiary alicyclic amines) is 1. The van der Waals surface area contributed by atoms with Crippen LogP contribution in [0.2, 0.25) is 0 Å². The molecule has 2 fully saturated rings. The van der Waals surface area contributed by atoms with Gasteiger partial charge in [-0.3, -0.25) is 14.4 Å². The van der Waals surface area contributed by atoms with Gasteiger partial charge in [-0.2, -0.15) is 0 Å². The molecule has 0 aromatic heterocycles. The van der Waals surface area contributed by atoms with E-state index >= 15 is 0 Å². The minimum absolute atomic E-state index is 0.0424. The molecule has 2 aliphatic heterocycles. The minimum Gasteiger partial charge on any atom is -0.497 e. The number of carbonyl (C=O) groups is 3. The zero-order valence-electron chi connectivity index (χ0n) is 19.8. The van der Waals surface area contributed by atoms with Gasteiger partial charge in [-0.1, -0.05) is 42.5 Å². The summed E-state index contributed by atoms with van der Waals surface area (Å²) in [6.45, 7) is 2.61. The first kappa shape index (κ1) is 23.8. The van der Waals surface area contributed by atoms with Gasteiger partial charge in [0, 0.05) is 45.6 Å². The van der Waals surface area contributed by atoms with Crippen LogP contribution in [0.4, 0.5) is 0 Å². The lowest BCUT2D eigenvalue weighted by Crippen LogP contribution is -2.54. The second-order valence-electron chi connectivity index (χ2n) is 8.91.